The number of hydrogen-bond donors (Lipinski definition) is 1. The molecular weight excluding hydrogens is 354 g/mol. The molecule has 0 amide bonds. The summed E-state index contributed by atoms with van der Waals surface area (Å²) in [5.41, 5.74) is 9.22. The van der Waals surface area contributed by atoms with Crippen LogP contribution >= 0.6 is 0 Å². The van der Waals surface area contributed by atoms with E-state index in [4.69, 9.17) is 10.3 Å². The van der Waals surface area contributed by atoms with Gasteiger partial charge in [0.1, 0.15) is 0 Å². The lowest BCUT2D eigenvalue weighted by Crippen LogP contribution is -2.36. The quantitative estimate of drug-likeness (QED) is 0.586. The maximum Gasteiger partial charge on any atom is 0.278 e. The standard InChI is InChI=1S/C20H19N7O/c1-27-10-7-16(25-27)17-24-18(26-28-17)20(8-2-9-20)15-5-3-13(4-6-15)14-11-22-19(21)23-12-14/h3-7,10-12H,2,8-9H2,1H3,(H2,21,22,23). The monoisotopic (exact) mass is 373 g/mol. The Morgan fingerprint density at radius 1 is 1.04 bits per heavy atom. The van der Waals surface area contributed by atoms with Gasteiger partial charge in [0.2, 0.25) is 5.95 Å². The Morgan fingerprint density at radius 3 is 2.39 bits per heavy atom. The van der Waals surface area contributed by atoms with Crippen LogP contribution in [0.1, 0.15) is 30.7 Å². The lowest BCUT2D eigenvalue weighted by atomic mass is 9.64. The molecule has 0 atom stereocenters. The van der Waals surface area contributed by atoms with Crippen LogP contribution in [0, 0.1) is 0 Å². The topological polar surface area (TPSA) is 109 Å². The van der Waals surface area contributed by atoms with Crippen molar-refractivity contribution in [3.05, 3.63) is 60.3 Å². The zero-order valence-corrected chi connectivity index (χ0v) is 15.4. The summed E-state index contributed by atoms with van der Waals surface area (Å²) in [6.45, 7) is 0. The first-order valence-corrected chi connectivity index (χ1v) is 9.17. The van der Waals surface area contributed by atoms with Gasteiger partial charge in [-0.05, 0) is 30.0 Å². The van der Waals surface area contributed by atoms with Crippen molar-refractivity contribution in [3.8, 4) is 22.7 Å². The highest BCUT2D eigenvalue weighted by atomic mass is 16.5. The number of benzene rings is 1. The molecule has 140 valence electrons. The summed E-state index contributed by atoms with van der Waals surface area (Å²) in [6.07, 6.45) is 8.46. The number of aromatic nitrogens is 6. The van der Waals surface area contributed by atoms with Crippen molar-refractivity contribution in [2.24, 2.45) is 7.05 Å². The van der Waals surface area contributed by atoms with E-state index in [1.54, 1.807) is 17.1 Å². The smallest absolute Gasteiger partial charge is 0.278 e. The Hall–Kier alpha value is -3.55. The molecule has 28 heavy (non-hydrogen) atoms. The zero-order chi connectivity index (χ0) is 19.1. The first-order chi connectivity index (χ1) is 13.6. The van der Waals surface area contributed by atoms with Crippen LogP contribution in [-0.2, 0) is 12.5 Å². The average Bonchev–Trinajstić information content (AvgIpc) is 3.32. The van der Waals surface area contributed by atoms with Crippen LogP contribution in [0.4, 0.5) is 5.95 Å². The molecule has 0 radical (unpaired) electrons. The second-order valence-corrected chi connectivity index (χ2v) is 7.14. The molecule has 1 aliphatic carbocycles. The fourth-order valence-electron chi connectivity index (χ4n) is 3.69. The summed E-state index contributed by atoms with van der Waals surface area (Å²) in [5, 5.41) is 8.64. The molecule has 8 nitrogen and oxygen atoms in total. The van der Waals surface area contributed by atoms with Gasteiger partial charge in [-0.3, -0.25) is 4.68 Å². The van der Waals surface area contributed by atoms with Crippen molar-refractivity contribution in [1.29, 1.82) is 0 Å². The Morgan fingerprint density at radius 2 is 1.79 bits per heavy atom. The number of anilines is 1. The zero-order valence-electron chi connectivity index (χ0n) is 15.4. The first-order valence-electron chi connectivity index (χ1n) is 9.17. The van der Waals surface area contributed by atoms with Crippen LogP contribution in [-0.4, -0.2) is 29.9 Å². The van der Waals surface area contributed by atoms with E-state index in [1.807, 2.05) is 19.3 Å². The van der Waals surface area contributed by atoms with Gasteiger partial charge >= 0.3 is 0 Å². The van der Waals surface area contributed by atoms with Crippen LogP contribution < -0.4 is 5.73 Å². The molecule has 4 aromatic rings. The molecule has 1 aliphatic rings. The number of nitrogens with zero attached hydrogens (tertiary/aromatic N) is 6. The minimum absolute atomic E-state index is 0.202. The molecule has 0 aliphatic heterocycles. The number of hydrogen-bond acceptors (Lipinski definition) is 7. The van der Waals surface area contributed by atoms with Crippen LogP contribution in [0.3, 0.4) is 0 Å². The number of nitrogen functional groups attached to an aromatic ring is 1. The Balaban J connectivity index is 1.47. The van der Waals surface area contributed by atoms with Crippen molar-refractivity contribution in [2.75, 3.05) is 5.73 Å². The van der Waals surface area contributed by atoms with E-state index >= 15 is 0 Å². The van der Waals surface area contributed by atoms with E-state index in [2.05, 4.69) is 49.5 Å². The molecular formula is C20H19N7O. The van der Waals surface area contributed by atoms with Crippen molar-refractivity contribution in [3.63, 3.8) is 0 Å². The summed E-state index contributed by atoms with van der Waals surface area (Å²) in [5.74, 6) is 1.45. The minimum atomic E-state index is -0.202. The second-order valence-electron chi connectivity index (χ2n) is 7.14. The van der Waals surface area contributed by atoms with Crippen molar-refractivity contribution < 1.29 is 4.52 Å². The molecule has 0 bridgehead atoms. The maximum absolute atomic E-state index is 5.57. The van der Waals surface area contributed by atoms with E-state index < -0.39 is 0 Å². The number of nitrogens with two attached hydrogens (primary N) is 1. The molecule has 0 spiro atoms. The predicted octanol–water partition coefficient (Wildman–Crippen LogP) is 2.98. The highest BCUT2D eigenvalue weighted by Gasteiger charge is 2.44. The van der Waals surface area contributed by atoms with Crippen LogP contribution in [0.25, 0.3) is 22.7 Å². The molecule has 1 fully saturated rings. The Labute approximate surface area is 161 Å². The van der Waals surface area contributed by atoms with E-state index in [9.17, 15) is 0 Å². The van der Waals surface area contributed by atoms with Gasteiger partial charge in [0.05, 0.1) is 5.41 Å². The second kappa shape index (κ2) is 6.26. The molecule has 3 aromatic heterocycles. The third kappa shape index (κ3) is 2.65. The van der Waals surface area contributed by atoms with Crippen LogP contribution in [0.5, 0.6) is 0 Å². The summed E-state index contributed by atoms with van der Waals surface area (Å²) in [7, 11) is 1.86. The lowest BCUT2D eigenvalue weighted by Gasteiger charge is -2.39. The Bertz CT molecular complexity index is 1110. The van der Waals surface area contributed by atoms with Gasteiger partial charge in [-0.15, -0.1) is 0 Å². The van der Waals surface area contributed by atoms with Gasteiger partial charge < -0.3 is 10.3 Å². The third-order valence-electron chi connectivity index (χ3n) is 5.44. The number of rotatable bonds is 4. The highest BCUT2D eigenvalue weighted by molar-refractivity contribution is 5.63. The van der Waals surface area contributed by atoms with E-state index in [-0.39, 0.29) is 11.4 Å². The summed E-state index contributed by atoms with van der Waals surface area (Å²) >= 11 is 0. The molecule has 0 unspecified atom stereocenters. The van der Waals surface area contributed by atoms with Gasteiger partial charge in [-0.2, -0.15) is 10.1 Å². The van der Waals surface area contributed by atoms with Gasteiger partial charge in [0, 0.05) is 31.2 Å². The first kappa shape index (κ1) is 16.6. The number of aryl methyl sites for hydroxylation is 1. The molecule has 8 heteroatoms. The molecule has 1 aromatic carbocycles. The van der Waals surface area contributed by atoms with Crippen LogP contribution in [0.15, 0.2) is 53.4 Å². The van der Waals surface area contributed by atoms with Crippen LogP contribution in [0.2, 0.25) is 0 Å². The molecule has 5 rings (SSSR count). The normalized spacial score (nSPS) is 15.3. The van der Waals surface area contributed by atoms with Gasteiger partial charge in [0.15, 0.2) is 11.5 Å². The van der Waals surface area contributed by atoms with E-state index in [0.717, 1.165) is 36.2 Å². The highest BCUT2D eigenvalue weighted by Crippen LogP contribution is 2.48. The molecule has 2 N–H and O–H groups in total. The van der Waals surface area contributed by atoms with Crippen molar-refractivity contribution >= 4 is 5.95 Å². The maximum atomic E-state index is 5.57. The van der Waals surface area contributed by atoms with E-state index in [0.29, 0.717) is 11.6 Å². The molecule has 3 heterocycles. The third-order valence-corrected chi connectivity index (χ3v) is 5.44. The van der Waals surface area contributed by atoms with Crippen molar-refractivity contribution in [1.82, 2.24) is 29.9 Å². The van der Waals surface area contributed by atoms with Gasteiger partial charge in [-0.1, -0.05) is 35.8 Å². The largest absolute Gasteiger partial charge is 0.368 e. The SMILES string of the molecule is Cn1ccc(-c2nc(C3(c4ccc(-c5cnc(N)nc5)cc4)CCC3)no2)n1. The fraction of sp³-hybridized carbons (Fsp3) is 0.250. The average molecular weight is 373 g/mol. The fourth-order valence-corrected chi connectivity index (χ4v) is 3.69. The van der Waals surface area contributed by atoms with Gasteiger partial charge in [-0.25, -0.2) is 9.97 Å². The molecule has 0 saturated heterocycles. The summed E-state index contributed by atoms with van der Waals surface area (Å²) in [4.78, 5) is 12.8. The summed E-state index contributed by atoms with van der Waals surface area (Å²) < 4.78 is 7.23. The minimum Gasteiger partial charge on any atom is -0.368 e. The Kier molecular flexibility index (Phi) is 3.71. The summed E-state index contributed by atoms with van der Waals surface area (Å²) in [6, 6.07) is 10.3. The predicted molar refractivity (Wildman–Crippen MR) is 103 cm³/mol. The molecule has 1 saturated carbocycles. The van der Waals surface area contributed by atoms with Crippen molar-refractivity contribution in [2.45, 2.75) is 24.7 Å². The lowest BCUT2D eigenvalue weighted by molar-refractivity contribution is 0.273. The van der Waals surface area contributed by atoms with Gasteiger partial charge in [0.25, 0.3) is 5.89 Å². The van der Waals surface area contributed by atoms with E-state index in [1.165, 1.54) is 5.56 Å².